The Morgan fingerprint density at radius 1 is 1.07 bits per heavy atom. The number of hydrogen-bond donors (Lipinski definition) is 0. The molecule has 0 radical (unpaired) electrons. The highest BCUT2D eigenvalue weighted by Gasteiger charge is 2.22. The Morgan fingerprint density at radius 3 is 2.50 bits per heavy atom. The zero-order chi connectivity index (χ0) is 19.7. The van der Waals surface area contributed by atoms with Crippen LogP contribution >= 0.6 is 0 Å². The van der Waals surface area contributed by atoms with Gasteiger partial charge in [-0.3, -0.25) is 9.36 Å². The Morgan fingerprint density at radius 2 is 1.86 bits per heavy atom. The van der Waals surface area contributed by atoms with E-state index in [0.717, 1.165) is 29.9 Å². The van der Waals surface area contributed by atoms with Gasteiger partial charge < -0.3 is 4.57 Å². The van der Waals surface area contributed by atoms with Crippen LogP contribution in [0, 0.1) is 13.8 Å². The Labute approximate surface area is 165 Å². The van der Waals surface area contributed by atoms with Crippen molar-refractivity contribution in [2.24, 2.45) is 7.05 Å². The zero-order valence-corrected chi connectivity index (χ0v) is 16.9. The van der Waals surface area contributed by atoms with Crippen molar-refractivity contribution < 1.29 is 0 Å². The summed E-state index contributed by atoms with van der Waals surface area (Å²) in [6, 6.07) is 12.5. The van der Waals surface area contributed by atoms with Crippen molar-refractivity contribution in [3.8, 4) is 11.3 Å². The van der Waals surface area contributed by atoms with Crippen molar-refractivity contribution in [3.05, 3.63) is 77.8 Å². The maximum atomic E-state index is 4.81. The van der Waals surface area contributed by atoms with E-state index in [9.17, 15) is 0 Å². The molecule has 0 saturated heterocycles. The number of imidazole rings is 1. The first-order chi connectivity index (χ1) is 13.6. The minimum atomic E-state index is 0.159. The van der Waals surface area contributed by atoms with Crippen LogP contribution in [0.2, 0.25) is 0 Å². The zero-order valence-electron chi connectivity index (χ0n) is 16.9. The fourth-order valence-corrected chi connectivity index (χ4v) is 3.99. The fourth-order valence-electron chi connectivity index (χ4n) is 3.99. The molecule has 1 unspecified atom stereocenters. The summed E-state index contributed by atoms with van der Waals surface area (Å²) >= 11 is 0. The lowest BCUT2D eigenvalue weighted by Crippen LogP contribution is -2.14. The van der Waals surface area contributed by atoms with E-state index < -0.39 is 0 Å². The molecule has 6 nitrogen and oxygen atoms in total. The Balaban J connectivity index is 1.77. The molecule has 144 valence electrons. The van der Waals surface area contributed by atoms with Gasteiger partial charge in [0.1, 0.15) is 0 Å². The average molecular weight is 374 g/mol. The highest BCUT2D eigenvalue weighted by molar-refractivity contribution is 5.62. The number of aromatic nitrogens is 6. The molecule has 1 aromatic carbocycles. The number of nitrogens with zero attached hydrogens (tertiary/aromatic N) is 6. The van der Waals surface area contributed by atoms with Gasteiger partial charge in [-0.2, -0.15) is 10.2 Å². The van der Waals surface area contributed by atoms with Gasteiger partial charge in [-0.15, -0.1) is 0 Å². The van der Waals surface area contributed by atoms with Gasteiger partial charge in [-0.1, -0.05) is 30.3 Å². The van der Waals surface area contributed by atoms with Gasteiger partial charge >= 0.3 is 0 Å². The molecule has 0 spiro atoms. The van der Waals surface area contributed by atoms with Crippen LogP contribution in [0.25, 0.3) is 11.3 Å². The minimum Gasteiger partial charge on any atom is -0.327 e. The number of rotatable bonds is 6. The topological polar surface area (TPSA) is 53.5 Å². The lowest BCUT2D eigenvalue weighted by Gasteiger charge is -2.19. The van der Waals surface area contributed by atoms with Crippen molar-refractivity contribution >= 4 is 0 Å². The number of benzene rings is 1. The molecule has 4 rings (SSSR count). The Bertz CT molecular complexity index is 1060. The van der Waals surface area contributed by atoms with Gasteiger partial charge in [0.2, 0.25) is 0 Å². The van der Waals surface area contributed by atoms with Crippen LogP contribution in [0.15, 0.2) is 55.1 Å². The molecule has 28 heavy (non-hydrogen) atoms. The summed E-state index contributed by atoms with van der Waals surface area (Å²) in [5.74, 6) is 0. The van der Waals surface area contributed by atoms with E-state index in [2.05, 4.69) is 59.8 Å². The predicted molar refractivity (Wildman–Crippen MR) is 110 cm³/mol. The van der Waals surface area contributed by atoms with E-state index in [-0.39, 0.29) is 6.04 Å². The molecule has 0 aliphatic heterocycles. The van der Waals surface area contributed by atoms with Gasteiger partial charge in [-0.05, 0) is 26.8 Å². The summed E-state index contributed by atoms with van der Waals surface area (Å²) in [4.78, 5) is 4.81. The maximum absolute atomic E-state index is 4.81. The molecule has 0 fully saturated rings. The van der Waals surface area contributed by atoms with Crippen molar-refractivity contribution in [2.75, 3.05) is 0 Å². The lowest BCUT2D eigenvalue weighted by molar-refractivity contribution is 0.557. The normalized spacial score (nSPS) is 12.4. The van der Waals surface area contributed by atoms with Crippen LogP contribution in [-0.4, -0.2) is 29.1 Å². The first-order valence-electron chi connectivity index (χ1n) is 9.65. The van der Waals surface area contributed by atoms with E-state index in [4.69, 9.17) is 4.98 Å². The first kappa shape index (κ1) is 18.2. The molecule has 3 heterocycles. The van der Waals surface area contributed by atoms with Crippen LogP contribution in [0.3, 0.4) is 0 Å². The summed E-state index contributed by atoms with van der Waals surface area (Å²) in [6.45, 7) is 7.25. The van der Waals surface area contributed by atoms with Crippen LogP contribution in [0.4, 0.5) is 0 Å². The SMILES string of the molecule is Cc1nn(C)c(C)c1C(C)n1cnc(-c2ccccc2)c1CCn1cccn1. The standard InChI is InChI=1S/C22H26N6/c1-16-21(17(2)26(4)25-16)18(3)28-15-23-22(19-9-6-5-7-10-19)20(28)11-14-27-13-8-12-24-27/h5-10,12-13,15,18H,11,14H2,1-4H3. The van der Waals surface area contributed by atoms with Gasteiger partial charge in [0.05, 0.1) is 23.8 Å². The quantitative estimate of drug-likeness (QED) is 0.513. The molecular formula is C22H26N6. The third-order valence-corrected chi connectivity index (χ3v) is 5.48. The second-order valence-corrected chi connectivity index (χ2v) is 7.22. The van der Waals surface area contributed by atoms with E-state index >= 15 is 0 Å². The smallest absolute Gasteiger partial charge is 0.0961 e. The van der Waals surface area contributed by atoms with E-state index in [1.54, 1.807) is 0 Å². The number of hydrogen-bond acceptors (Lipinski definition) is 3. The molecule has 6 heteroatoms. The van der Waals surface area contributed by atoms with Crippen molar-refractivity contribution in [3.63, 3.8) is 0 Å². The largest absolute Gasteiger partial charge is 0.327 e. The fraction of sp³-hybridized carbons (Fsp3) is 0.318. The lowest BCUT2D eigenvalue weighted by atomic mass is 10.0. The second kappa shape index (κ2) is 7.46. The molecule has 0 saturated carbocycles. The monoisotopic (exact) mass is 374 g/mol. The molecule has 1 atom stereocenters. The maximum Gasteiger partial charge on any atom is 0.0961 e. The summed E-state index contributed by atoms with van der Waals surface area (Å²) in [5, 5.41) is 8.96. The van der Waals surface area contributed by atoms with Crippen LogP contribution < -0.4 is 0 Å². The van der Waals surface area contributed by atoms with Gasteiger partial charge in [0.15, 0.2) is 0 Å². The molecule has 3 aromatic heterocycles. The summed E-state index contributed by atoms with van der Waals surface area (Å²) < 4.78 is 6.22. The van der Waals surface area contributed by atoms with Crippen molar-refractivity contribution in [2.45, 2.75) is 39.8 Å². The molecule has 0 N–H and O–H groups in total. The van der Waals surface area contributed by atoms with Gasteiger partial charge in [0.25, 0.3) is 0 Å². The predicted octanol–water partition coefficient (Wildman–Crippen LogP) is 3.95. The molecule has 0 aliphatic rings. The first-order valence-corrected chi connectivity index (χ1v) is 9.65. The van der Waals surface area contributed by atoms with E-state index in [0.29, 0.717) is 0 Å². The highest BCUT2D eigenvalue weighted by Crippen LogP contribution is 2.30. The van der Waals surface area contributed by atoms with Crippen LogP contribution in [0.1, 0.15) is 35.6 Å². The minimum absolute atomic E-state index is 0.159. The third-order valence-electron chi connectivity index (χ3n) is 5.48. The van der Waals surface area contributed by atoms with E-state index in [1.807, 2.05) is 47.3 Å². The molecular weight excluding hydrogens is 348 g/mol. The second-order valence-electron chi connectivity index (χ2n) is 7.22. The highest BCUT2D eigenvalue weighted by atomic mass is 15.3. The summed E-state index contributed by atoms with van der Waals surface area (Å²) in [6.07, 6.45) is 6.65. The summed E-state index contributed by atoms with van der Waals surface area (Å²) in [5.41, 5.74) is 6.93. The average Bonchev–Trinajstić information content (AvgIpc) is 3.41. The Kier molecular flexibility index (Phi) is 4.86. The number of aryl methyl sites for hydroxylation is 3. The van der Waals surface area contributed by atoms with Crippen molar-refractivity contribution in [1.82, 2.24) is 29.1 Å². The third kappa shape index (κ3) is 3.26. The summed E-state index contributed by atoms with van der Waals surface area (Å²) in [7, 11) is 2.00. The molecule has 4 aromatic rings. The van der Waals surface area contributed by atoms with Gasteiger partial charge in [0, 0.05) is 54.9 Å². The van der Waals surface area contributed by atoms with Gasteiger partial charge in [-0.25, -0.2) is 4.98 Å². The Hall–Kier alpha value is -3.15. The van der Waals surface area contributed by atoms with E-state index in [1.165, 1.54) is 17.0 Å². The molecule has 0 aliphatic carbocycles. The molecule has 0 amide bonds. The molecule has 0 bridgehead atoms. The van der Waals surface area contributed by atoms with Crippen molar-refractivity contribution in [1.29, 1.82) is 0 Å². The van der Waals surface area contributed by atoms with Crippen LogP contribution in [-0.2, 0) is 20.0 Å². The van der Waals surface area contributed by atoms with Crippen LogP contribution in [0.5, 0.6) is 0 Å².